The molecule has 0 radical (unpaired) electrons. The van der Waals surface area contributed by atoms with Crippen LogP contribution in [0.5, 0.6) is 0 Å². The van der Waals surface area contributed by atoms with E-state index in [0.717, 1.165) is 12.8 Å². The van der Waals surface area contributed by atoms with Gasteiger partial charge in [-0.05, 0) is 20.3 Å². The molecule has 6 nitrogen and oxygen atoms in total. The number of carboxylic acids is 1. The average Bonchev–Trinajstić information content (AvgIpc) is 2.59. The smallest absolute Gasteiger partial charge is 0.326 e. The molecule has 0 aromatic heterocycles. The van der Waals surface area contributed by atoms with Gasteiger partial charge in [-0.15, -0.1) is 0 Å². The highest BCUT2D eigenvalue weighted by molar-refractivity contribution is 5.83. The minimum Gasteiger partial charge on any atom is -0.480 e. The second-order valence-corrected chi connectivity index (χ2v) is 5.46. The van der Waals surface area contributed by atoms with Crippen molar-refractivity contribution in [3.8, 4) is 0 Å². The number of β-amino-alcohol motifs (C(OH)–C–C–N with tert-alkyl or cyclic N) is 1. The standard InChI is InChI=1S/C12H22N2O4/c1-4-5-12(2,3)13-11(18)14-7-8(15)6-9(14)10(16)17/h8-9,15H,4-7H2,1-3H3,(H,13,18)(H,16,17)/t8?,9-/m0/s1. The van der Waals surface area contributed by atoms with E-state index in [2.05, 4.69) is 5.32 Å². The van der Waals surface area contributed by atoms with E-state index in [1.165, 1.54) is 4.90 Å². The maximum absolute atomic E-state index is 12.0. The van der Waals surface area contributed by atoms with Gasteiger partial charge in [-0.3, -0.25) is 0 Å². The maximum atomic E-state index is 12.0. The lowest BCUT2D eigenvalue weighted by molar-refractivity contribution is -0.141. The molecule has 1 rings (SSSR count). The van der Waals surface area contributed by atoms with Gasteiger partial charge in [-0.2, -0.15) is 0 Å². The Bertz CT molecular complexity index is 330. The van der Waals surface area contributed by atoms with Crippen molar-refractivity contribution in [1.29, 1.82) is 0 Å². The molecule has 0 saturated carbocycles. The maximum Gasteiger partial charge on any atom is 0.326 e. The fourth-order valence-electron chi connectivity index (χ4n) is 2.32. The Kier molecular flexibility index (Phi) is 4.56. The number of aliphatic hydroxyl groups is 1. The quantitative estimate of drug-likeness (QED) is 0.695. The summed E-state index contributed by atoms with van der Waals surface area (Å²) in [6.45, 7) is 5.89. The molecule has 1 unspecified atom stereocenters. The van der Waals surface area contributed by atoms with Crippen LogP contribution in [0.15, 0.2) is 0 Å². The summed E-state index contributed by atoms with van der Waals surface area (Å²) in [7, 11) is 0. The SMILES string of the molecule is CCCC(C)(C)NC(=O)N1CC(O)C[C@H]1C(=O)O. The van der Waals surface area contributed by atoms with Gasteiger partial charge in [0.15, 0.2) is 0 Å². The Morgan fingerprint density at radius 1 is 1.44 bits per heavy atom. The van der Waals surface area contributed by atoms with Gasteiger partial charge in [0.25, 0.3) is 0 Å². The first-order chi connectivity index (χ1) is 8.26. The summed E-state index contributed by atoms with van der Waals surface area (Å²) in [4.78, 5) is 24.3. The number of carbonyl (C=O) groups is 2. The van der Waals surface area contributed by atoms with Crippen molar-refractivity contribution in [3.05, 3.63) is 0 Å². The van der Waals surface area contributed by atoms with Crippen molar-refractivity contribution < 1.29 is 19.8 Å². The van der Waals surface area contributed by atoms with Crippen LogP contribution >= 0.6 is 0 Å². The lowest BCUT2D eigenvalue weighted by atomic mass is 9.99. The number of likely N-dealkylation sites (tertiary alicyclic amines) is 1. The molecule has 2 atom stereocenters. The number of hydrogen-bond donors (Lipinski definition) is 3. The Morgan fingerprint density at radius 3 is 2.56 bits per heavy atom. The topological polar surface area (TPSA) is 89.9 Å². The van der Waals surface area contributed by atoms with E-state index >= 15 is 0 Å². The number of rotatable bonds is 4. The first kappa shape index (κ1) is 14.8. The predicted molar refractivity (Wildman–Crippen MR) is 66.3 cm³/mol. The Balaban J connectivity index is 2.68. The van der Waals surface area contributed by atoms with Crippen LogP contribution in [0.3, 0.4) is 0 Å². The van der Waals surface area contributed by atoms with Crippen LogP contribution in [0.1, 0.15) is 40.0 Å². The minimum absolute atomic E-state index is 0.0744. The van der Waals surface area contributed by atoms with E-state index in [1.54, 1.807) is 0 Å². The normalized spacial score (nSPS) is 24.1. The number of amides is 2. The summed E-state index contributed by atoms with van der Waals surface area (Å²) in [5.74, 6) is -1.07. The van der Waals surface area contributed by atoms with E-state index in [1.807, 2.05) is 20.8 Å². The molecule has 0 bridgehead atoms. The largest absolute Gasteiger partial charge is 0.480 e. The average molecular weight is 258 g/mol. The van der Waals surface area contributed by atoms with Crippen LogP contribution in [0.2, 0.25) is 0 Å². The molecule has 1 fully saturated rings. The van der Waals surface area contributed by atoms with Crippen LogP contribution < -0.4 is 5.32 Å². The fraction of sp³-hybridized carbons (Fsp3) is 0.833. The Morgan fingerprint density at radius 2 is 2.06 bits per heavy atom. The van der Waals surface area contributed by atoms with Crippen LogP contribution in [0.25, 0.3) is 0 Å². The fourth-order valence-corrected chi connectivity index (χ4v) is 2.32. The van der Waals surface area contributed by atoms with Gasteiger partial charge in [0.2, 0.25) is 0 Å². The van der Waals surface area contributed by atoms with E-state index in [-0.39, 0.29) is 18.5 Å². The van der Waals surface area contributed by atoms with Crippen molar-refractivity contribution >= 4 is 12.0 Å². The van der Waals surface area contributed by atoms with Gasteiger partial charge in [-0.25, -0.2) is 9.59 Å². The molecular weight excluding hydrogens is 236 g/mol. The summed E-state index contributed by atoms with van der Waals surface area (Å²) in [6.07, 6.45) is 1.08. The number of aliphatic carboxylic acids is 1. The van der Waals surface area contributed by atoms with Crippen molar-refractivity contribution in [1.82, 2.24) is 10.2 Å². The molecule has 1 aliphatic rings. The van der Waals surface area contributed by atoms with Crippen LogP contribution in [-0.4, -0.2) is 51.3 Å². The number of aliphatic hydroxyl groups excluding tert-OH is 1. The zero-order valence-electron chi connectivity index (χ0n) is 11.1. The van der Waals surface area contributed by atoms with Crippen LogP contribution in [0.4, 0.5) is 4.79 Å². The van der Waals surface area contributed by atoms with Gasteiger partial charge in [0, 0.05) is 18.5 Å². The number of urea groups is 1. The highest BCUT2D eigenvalue weighted by Crippen LogP contribution is 2.20. The second-order valence-electron chi connectivity index (χ2n) is 5.46. The summed E-state index contributed by atoms with van der Waals surface area (Å²) in [5, 5.41) is 21.3. The second kappa shape index (κ2) is 5.56. The minimum atomic E-state index is -1.07. The van der Waals surface area contributed by atoms with Gasteiger partial charge < -0.3 is 20.4 Å². The van der Waals surface area contributed by atoms with Crippen LogP contribution in [0, 0.1) is 0 Å². The lowest BCUT2D eigenvalue weighted by Gasteiger charge is -2.30. The van der Waals surface area contributed by atoms with Gasteiger partial charge in [-0.1, -0.05) is 13.3 Å². The molecule has 2 amide bonds. The van der Waals surface area contributed by atoms with Gasteiger partial charge in [0.05, 0.1) is 6.10 Å². The number of nitrogens with zero attached hydrogens (tertiary/aromatic N) is 1. The Hall–Kier alpha value is -1.30. The van der Waals surface area contributed by atoms with Crippen molar-refractivity contribution in [2.45, 2.75) is 57.7 Å². The predicted octanol–water partition coefficient (Wildman–Crippen LogP) is 0.794. The monoisotopic (exact) mass is 258 g/mol. The first-order valence-electron chi connectivity index (χ1n) is 6.26. The van der Waals surface area contributed by atoms with Crippen molar-refractivity contribution in [2.24, 2.45) is 0 Å². The third kappa shape index (κ3) is 3.60. The van der Waals surface area contributed by atoms with E-state index < -0.39 is 24.1 Å². The molecule has 1 heterocycles. The molecule has 3 N–H and O–H groups in total. The highest BCUT2D eigenvalue weighted by atomic mass is 16.4. The molecule has 0 aromatic carbocycles. The molecular formula is C12H22N2O4. The third-order valence-corrected chi connectivity index (χ3v) is 3.15. The highest BCUT2D eigenvalue weighted by Gasteiger charge is 2.40. The summed E-state index contributed by atoms with van der Waals surface area (Å²) in [5.41, 5.74) is -0.373. The van der Waals surface area contributed by atoms with E-state index in [0.29, 0.717) is 0 Å². The molecule has 1 aliphatic heterocycles. The molecule has 1 saturated heterocycles. The molecule has 18 heavy (non-hydrogen) atoms. The first-order valence-corrected chi connectivity index (χ1v) is 6.26. The number of hydrogen-bond acceptors (Lipinski definition) is 3. The third-order valence-electron chi connectivity index (χ3n) is 3.15. The summed E-state index contributed by atoms with van der Waals surface area (Å²) >= 11 is 0. The summed E-state index contributed by atoms with van der Waals surface area (Å²) < 4.78 is 0. The number of carboxylic acid groups (broad SMARTS) is 1. The van der Waals surface area contributed by atoms with E-state index in [4.69, 9.17) is 5.11 Å². The molecule has 104 valence electrons. The molecule has 0 aliphatic carbocycles. The van der Waals surface area contributed by atoms with E-state index in [9.17, 15) is 14.7 Å². The zero-order valence-corrected chi connectivity index (χ0v) is 11.1. The molecule has 0 spiro atoms. The van der Waals surface area contributed by atoms with Gasteiger partial charge in [0.1, 0.15) is 6.04 Å². The number of nitrogens with one attached hydrogen (secondary N) is 1. The zero-order chi connectivity index (χ0) is 13.9. The number of carbonyl (C=O) groups excluding carboxylic acids is 1. The summed E-state index contributed by atoms with van der Waals surface area (Å²) in [6, 6.07) is -1.35. The van der Waals surface area contributed by atoms with Gasteiger partial charge >= 0.3 is 12.0 Å². The van der Waals surface area contributed by atoms with Crippen molar-refractivity contribution in [3.63, 3.8) is 0 Å². The van der Waals surface area contributed by atoms with Crippen molar-refractivity contribution in [2.75, 3.05) is 6.54 Å². The Labute approximate surface area is 107 Å². The molecule has 0 aromatic rings. The lowest BCUT2D eigenvalue weighted by Crippen LogP contribution is -2.53. The van der Waals surface area contributed by atoms with Crippen LogP contribution in [-0.2, 0) is 4.79 Å². The molecule has 6 heteroatoms.